The molecular weight excluding hydrogens is 438 g/mol. The SMILES string of the molecule is CC#CC(=O)N1CCCC1c1cc(-c2ccc(C(=O)Nc3ccccn3)cc2)cc2cncnc12. The van der Waals surface area contributed by atoms with E-state index in [1.165, 1.54) is 6.33 Å². The lowest BCUT2D eigenvalue weighted by atomic mass is 9.94. The van der Waals surface area contributed by atoms with Crippen LogP contribution in [0, 0.1) is 11.8 Å². The first kappa shape index (κ1) is 22.2. The third-order valence-electron chi connectivity index (χ3n) is 6.13. The van der Waals surface area contributed by atoms with Crippen molar-refractivity contribution in [2.75, 3.05) is 11.9 Å². The number of likely N-dealkylation sites (tertiary alicyclic amines) is 1. The molecule has 1 atom stereocenters. The van der Waals surface area contributed by atoms with Gasteiger partial charge >= 0.3 is 0 Å². The van der Waals surface area contributed by atoms with Gasteiger partial charge in [0.15, 0.2) is 0 Å². The van der Waals surface area contributed by atoms with Crippen molar-refractivity contribution < 1.29 is 9.59 Å². The Hall–Kier alpha value is -4.57. The zero-order valence-electron chi connectivity index (χ0n) is 19.2. The van der Waals surface area contributed by atoms with Crippen LogP contribution in [0.25, 0.3) is 22.0 Å². The van der Waals surface area contributed by atoms with Gasteiger partial charge in [0.05, 0.1) is 11.6 Å². The van der Waals surface area contributed by atoms with Gasteiger partial charge < -0.3 is 10.2 Å². The van der Waals surface area contributed by atoms with Crippen molar-refractivity contribution in [2.24, 2.45) is 0 Å². The average molecular weight is 462 g/mol. The maximum atomic E-state index is 12.6. The highest BCUT2D eigenvalue weighted by atomic mass is 16.2. The van der Waals surface area contributed by atoms with Crippen molar-refractivity contribution in [3.63, 3.8) is 0 Å². The van der Waals surface area contributed by atoms with Crippen molar-refractivity contribution in [1.82, 2.24) is 19.9 Å². The van der Waals surface area contributed by atoms with Crippen LogP contribution in [0.15, 0.2) is 73.3 Å². The van der Waals surface area contributed by atoms with Gasteiger partial charge in [-0.05, 0) is 73.2 Å². The third kappa shape index (κ3) is 4.59. The van der Waals surface area contributed by atoms with Crippen molar-refractivity contribution in [3.05, 3.63) is 84.4 Å². The van der Waals surface area contributed by atoms with Crippen LogP contribution in [0.2, 0.25) is 0 Å². The smallest absolute Gasteiger partial charge is 0.298 e. The van der Waals surface area contributed by atoms with Crippen LogP contribution in [-0.4, -0.2) is 38.2 Å². The number of carbonyl (C=O) groups is 2. The summed E-state index contributed by atoms with van der Waals surface area (Å²) in [6, 6.07) is 16.8. The van der Waals surface area contributed by atoms with E-state index in [0.717, 1.165) is 40.4 Å². The minimum atomic E-state index is -0.222. The summed E-state index contributed by atoms with van der Waals surface area (Å²) in [5.74, 6) is 5.51. The summed E-state index contributed by atoms with van der Waals surface area (Å²) in [5.41, 5.74) is 4.29. The van der Waals surface area contributed by atoms with E-state index in [1.807, 2.05) is 29.2 Å². The molecule has 1 aliphatic heterocycles. The molecule has 0 saturated carbocycles. The fourth-order valence-corrected chi connectivity index (χ4v) is 4.50. The van der Waals surface area contributed by atoms with Crippen LogP contribution in [0.3, 0.4) is 0 Å². The van der Waals surface area contributed by atoms with E-state index in [0.29, 0.717) is 17.9 Å². The molecule has 0 bridgehead atoms. The number of nitrogens with one attached hydrogen (secondary N) is 1. The van der Waals surface area contributed by atoms with E-state index in [4.69, 9.17) is 0 Å². The highest BCUT2D eigenvalue weighted by Crippen LogP contribution is 2.38. The van der Waals surface area contributed by atoms with E-state index < -0.39 is 0 Å². The number of pyridine rings is 1. The Kier molecular flexibility index (Phi) is 6.18. The zero-order chi connectivity index (χ0) is 24.2. The molecule has 2 amide bonds. The molecule has 2 aromatic heterocycles. The summed E-state index contributed by atoms with van der Waals surface area (Å²) in [5, 5.41) is 3.70. The molecule has 1 unspecified atom stereocenters. The van der Waals surface area contributed by atoms with Gasteiger partial charge in [0, 0.05) is 35.5 Å². The van der Waals surface area contributed by atoms with Crippen LogP contribution in [0.4, 0.5) is 5.82 Å². The van der Waals surface area contributed by atoms with E-state index >= 15 is 0 Å². The number of nitrogens with zero attached hydrogens (tertiary/aromatic N) is 4. The van der Waals surface area contributed by atoms with E-state index in [2.05, 4.69) is 38.2 Å². The van der Waals surface area contributed by atoms with Crippen LogP contribution in [-0.2, 0) is 4.79 Å². The summed E-state index contributed by atoms with van der Waals surface area (Å²) in [7, 11) is 0. The van der Waals surface area contributed by atoms with E-state index in [1.54, 1.807) is 43.6 Å². The number of amides is 2. The fraction of sp³-hybridized carbons (Fsp3) is 0.179. The molecule has 35 heavy (non-hydrogen) atoms. The maximum absolute atomic E-state index is 12.6. The Balaban J connectivity index is 1.49. The Labute approximate surface area is 203 Å². The number of hydrogen-bond acceptors (Lipinski definition) is 5. The monoisotopic (exact) mass is 461 g/mol. The molecule has 1 fully saturated rings. The summed E-state index contributed by atoms with van der Waals surface area (Å²) in [4.78, 5) is 39.9. The number of aromatic nitrogens is 3. The minimum absolute atomic E-state index is 0.0934. The largest absolute Gasteiger partial charge is 0.325 e. The van der Waals surface area contributed by atoms with Gasteiger partial charge in [-0.1, -0.05) is 24.1 Å². The topological polar surface area (TPSA) is 88.1 Å². The van der Waals surface area contributed by atoms with Gasteiger partial charge in [-0.15, -0.1) is 0 Å². The first-order valence-electron chi connectivity index (χ1n) is 11.4. The third-order valence-corrected chi connectivity index (χ3v) is 6.13. The number of fused-ring (bicyclic) bond motifs is 1. The molecule has 1 aliphatic rings. The Morgan fingerprint density at radius 2 is 1.91 bits per heavy atom. The molecule has 0 radical (unpaired) electrons. The maximum Gasteiger partial charge on any atom is 0.298 e. The molecule has 7 heteroatoms. The second kappa shape index (κ2) is 9.74. The fourth-order valence-electron chi connectivity index (χ4n) is 4.50. The molecule has 1 N–H and O–H groups in total. The van der Waals surface area contributed by atoms with Crippen molar-refractivity contribution in [1.29, 1.82) is 0 Å². The Bertz CT molecular complexity index is 1460. The lowest BCUT2D eigenvalue weighted by molar-refractivity contribution is -0.125. The summed E-state index contributed by atoms with van der Waals surface area (Å²) in [6.07, 6.45) is 6.73. The molecule has 0 aliphatic carbocycles. The molecule has 2 aromatic carbocycles. The summed E-state index contributed by atoms with van der Waals surface area (Å²) < 4.78 is 0. The highest BCUT2D eigenvalue weighted by molar-refractivity contribution is 6.04. The number of rotatable bonds is 4. The number of hydrogen-bond donors (Lipinski definition) is 1. The van der Waals surface area contributed by atoms with Gasteiger partial charge in [-0.2, -0.15) is 0 Å². The second-order valence-electron chi connectivity index (χ2n) is 8.30. The predicted octanol–water partition coefficient (Wildman–Crippen LogP) is 4.63. The van der Waals surface area contributed by atoms with Gasteiger partial charge in [-0.25, -0.2) is 15.0 Å². The van der Waals surface area contributed by atoms with Crippen LogP contribution >= 0.6 is 0 Å². The van der Waals surface area contributed by atoms with Crippen LogP contribution in [0.5, 0.6) is 0 Å². The Morgan fingerprint density at radius 3 is 2.69 bits per heavy atom. The standard InChI is InChI=1S/C28H23N5O2/c1-2-6-26(34)33-14-5-7-24(33)23-16-21(15-22-17-29-18-31-27(22)23)19-9-11-20(12-10-19)28(35)32-25-8-3-4-13-30-25/h3-4,8-13,15-18,24H,5,7,14H2,1H3,(H,30,32,35). The molecule has 3 heterocycles. The lowest BCUT2D eigenvalue weighted by Crippen LogP contribution is -2.29. The first-order chi connectivity index (χ1) is 17.1. The molecule has 7 nitrogen and oxygen atoms in total. The zero-order valence-corrected chi connectivity index (χ0v) is 19.2. The van der Waals surface area contributed by atoms with Crippen LogP contribution in [0.1, 0.15) is 41.7 Å². The molecule has 172 valence electrons. The van der Waals surface area contributed by atoms with Crippen molar-refractivity contribution >= 4 is 28.5 Å². The molecule has 1 saturated heterocycles. The normalized spacial score (nSPS) is 14.9. The molecule has 0 spiro atoms. The predicted molar refractivity (Wildman–Crippen MR) is 134 cm³/mol. The number of benzene rings is 2. The summed E-state index contributed by atoms with van der Waals surface area (Å²) in [6.45, 7) is 2.35. The minimum Gasteiger partial charge on any atom is -0.325 e. The van der Waals surface area contributed by atoms with Crippen molar-refractivity contribution in [2.45, 2.75) is 25.8 Å². The Morgan fingerprint density at radius 1 is 1.06 bits per heavy atom. The van der Waals surface area contributed by atoms with Gasteiger partial charge in [0.1, 0.15) is 12.1 Å². The first-order valence-corrected chi connectivity index (χ1v) is 11.4. The van der Waals surface area contributed by atoms with Crippen LogP contribution < -0.4 is 5.32 Å². The number of carbonyl (C=O) groups excluding carboxylic acids is 2. The molecule has 5 rings (SSSR count). The second-order valence-corrected chi connectivity index (χ2v) is 8.30. The highest BCUT2D eigenvalue weighted by Gasteiger charge is 2.31. The molecular formula is C28H23N5O2. The van der Waals surface area contributed by atoms with Gasteiger partial charge in [-0.3, -0.25) is 9.59 Å². The van der Waals surface area contributed by atoms with E-state index in [9.17, 15) is 9.59 Å². The van der Waals surface area contributed by atoms with Crippen molar-refractivity contribution in [3.8, 4) is 23.0 Å². The lowest BCUT2D eigenvalue weighted by Gasteiger charge is -2.24. The summed E-state index contributed by atoms with van der Waals surface area (Å²) >= 11 is 0. The van der Waals surface area contributed by atoms with Gasteiger partial charge in [0.25, 0.3) is 11.8 Å². The quantitative estimate of drug-likeness (QED) is 0.448. The van der Waals surface area contributed by atoms with E-state index in [-0.39, 0.29) is 17.9 Å². The number of anilines is 1. The van der Waals surface area contributed by atoms with Gasteiger partial charge in [0.2, 0.25) is 0 Å². The average Bonchev–Trinajstić information content (AvgIpc) is 3.39. The molecule has 4 aromatic rings.